The highest BCUT2D eigenvalue weighted by Crippen LogP contribution is 2.31. The van der Waals surface area contributed by atoms with Crippen LogP contribution in [-0.2, 0) is 31.3 Å². The van der Waals surface area contributed by atoms with E-state index in [0.717, 1.165) is 9.87 Å². The molecule has 0 bridgehead atoms. The lowest BCUT2D eigenvalue weighted by atomic mass is 10.2. The maximum Gasteiger partial charge on any atom is 0.261 e. The zero-order valence-electron chi connectivity index (χ0n) is 16.6. The zero-order chi connectivity index (χ0) is 21.6. The van der Waals surface area contributed by atoms with Crippen LogP contribution in [0.4, 0.5) is 11.4 Å². The van der Waals surface area contributed by atoms with Crippen molar-refractivity contribution in [2.75, 3.05) is 30.3 Å². The van der Waals surface area contributed by atoms with Gasteiger partial charge in [0.05, 0.1) is 15.5 Å². The van der Waals surface area contributed by atoms with Crippen LogP contribution in [0.5, 0.6) is 0 Å². The second-order valence-electron chi connectivity index (χ2n) is 7.08. The lowest BCUT2D eigenvalue weighted by molar-refractivity contribution is -0.116. The van der Waals surface area contributed by atoms with Crippen molar-refractivity contribution < 1.29 is 21.6 Å². The molecule has 156 valence electrons. The molecule has 29 heavy (non-hydrogen) atoms. The number of carbonyl (C=O) groups is 1. The molecule has 0 saturated carbocycles. The van der Waals surface area contributed by atoms with Gasteiger partial charge in [-0.1, -0.05) is 6.07 Å². The highest BCUT2D eigenvalue weighted by molar-refractivity contribution is 7.92. The summed E-state index contributed by atoms with van der Waals surface area (Å²) in [5, 5.41) is 0. The molecule has 3 rings (SSSR count). The molecule has 0 aromatic heterocycles. The maximum atomic E-state index is 12.8. The van der Waals surface area contributed by atoms with Crippen LogP contribution in [-0.4, -0.2) is 47.7 Å². The van der Waals surface area contributed by atoms with Gasteiger partial charge in [0.1, 0.15) is 0 Å². The number of nitrogens with zero attached hydrogens (tertiary/aromatic N) is 2. The predicted molar refractivity (Wildman–Crippen MR) is 111 cm³/mol. The van der Waals surface area contributed by atoms with Gasteiger partial charge in [0.25, 0.3) is 10.0 Å². The first kappa shape index (κ1) is 21.3. The van der Waals surface area contributed by atoms with E-state index in [2.05, 4.69) is 4.72 Å². The van der Waals surface area contributed by atoms with Crippen LogP contribution in [0.15, 0.2) is 46.2 Å². The van der Waals surface area contributed by atoms with E-state index in [9.17, 15) is 21.6 Å². The highest BCUT2D eigenvalue weighted by atomic mass is 32.2. The number of hydrogen-bond acceptors (Lipinski definition) is 5. The lowest BCUT2D eigenvalue weighted by Gasteiger charge is -2.16. The van der Waals surface area contributed by atoms with Gasteiger partial charge in [0.2, 0.25) is 15.9 Å². The van der Waals surface area contributed by atoms with Gasteiger partial charge >= 0.3 is 0 Å². The number of sulfonamides is 2. The van der Waals surface area contributed by atoms with Gasteiger partial charge < -0.3 is 4.90 Å². The summed E-state index contributed by atoms with van der Waals surface area (Å²) in [6.07, 6.45) is 0.577. The summed E-state index contributed by atoms with van der Waals surface area (Å²) in [5.41, 5.74) is 2.17. The van der Waals surface area contributed by atoms with E-state index in [0.29, 0.717) is 24.2 Å². The van der Waals surface area contributed by atoms with Crippen molar-refractivity contribution in [2.45, 2.75) is 30.1 Å². The molecule has 2 aromatic carbocycles. The maximum absolute atomic E-state index is 12.8. The Balaban J connectivity index is 1.94. The smallest absolute Gasteiger partial charge is 0.261 e. The largest absolute Gasteiger partial charge is 0.312 e. The molecule has 0 aliphatic carbocycles. The molecule has 1 aliphatic rings. The second kappa shape index (κ2) is 7.43. The van der Waals surface area contributed by atoms with Crippen LogP contribution in [0.25, 0.3) is 0 Å². The molecule has 1 N–H and O–H groups in total. The van der Waals surface area contributed by atoms with E-state index in [-0.39, 0.29) is 21.4 Å². The molecule has 1 heterocycles. The quantitative estimate of drug-likeness (QED) is 0.770. The lowest BCUT2D eigenvalue weighted by Crippen LogP contribution is -2.25. The van der Waals surface area contributed by atoms with Crippen molar-refractivity contribution in [3.63, 3.8) is 0 Å². The Morgan fingerprint density at radius 3 is 2.38 bits per heavy atom. The van der Waals surface area contributed by atoms with Crippen LogP contribution >= 0.6 is 0 Å². The number of aryl methyl sites for hydroxylation is 1. The van der Waals surface area contributed by atoms with Gasteiger partial charge in [-0.05, 0) is 54.8 Å². The summed E-state index contributed by atoms with van der Waals surface area (Å²) in [4.78, 5) is 13.4. The number of hydrogen-bond donors (Lipinski definition) is 1. The minimum Gasteiger partial charge on any atom is -0.312 e. The molecule has 8 nitrogen and oxygen atoms in total. The molecule has 1 aliphatic heterocycles. The Kier molecular flexibility index (Phi) is 5.46. The van der Waals surface area contributed by atoms with E-state index < -0.39 is 20.0 Å². The summed E-state index contributed by atoms with van der Waals surface area (Å²) in [6, 6.07) is 9.00. The summed E-state index contributed by atoms with van der Waals surface area (Å²) in [7, 11) is -4.81. The molecule has 0 radical (unpaired) electrons. The molecular formula is C19H23N3O5S2. The van der Waals surface area contributed by atoms with Gasteiger partial charge in [-0.2, -0.15) is 0 Å². The topological polar surface area (TPSA) is 104 Å². The van der Waals surface area contributed by atoms with E-state index in [1.807, 2.05) is 0 Å². The Morgan fingerprint density at radius 1 is 1.07 bits per heavy atom. The first-order chi connectivity index (χ1) is 13.4. The standard InChI is InChI=1S/C19H23N3O5S2/c1-13-5-6-16(12-19(13)29(26,27)21(3)4)20-28(24,25)17-7-8-18-15(11-17)9-10-22(18)14(2)23/h5-8,11-12,20H,9-10H2,1-4H3. The summed E-state index contributed by atoms with van der Waals surface area (Å²) < 4.78 is 54.2. The molecule has 0 atom stereocenters. The van der Waals surface area contributed by atoms with Crippen LogP contribution in [0, 0.1) is 6.92 Å². The summed E-state index contributed by atoms with van der Waals surface area (Å²) >= 11 is 0. The Hall–Kier alpha value is -2.43. The summed E-state index contributed by atoms with van der Waals surface area (Å²) in [5.74, 6) is -0.0910. The number of amides is 1. The third-order valence-electron chi connectivity index (χ3n) is 4.84. The van der Waals surface area contributed by atoms with Crippen molar-refractivity contribution in [3.8, 4) is 0 Å². The molecule has 0 fully saturated rings. The molecule has 1 amide bonds. The van der Waals surface area contributed by atoms with Gasteiger partial charge in [-0.25, -0.2) is 21.1 Å². The Morgan fingerprint density at radius 2 is 1.76 bits per heavy atom. The first-order valence-electron chi connectivity index (χ1n) is 8.90. The third-order valence-corrected chi connectivity index (χ3v) is 8.17. The van der Waals surface area contributed by atoms with E-state index in [4.69, 9.17) is 0 Å². The minimum absolute atomic E-state index is 0.0359. The number of nitrogens with one attached hydrogen (secondary N) is 1. The molecular weight excluding hydrogens is 414 g/mol. The number of carbonyl (C=O) groups excluding carboxylic acids is 1. The molecule has 10 heteroatoms. The van der Waals surface area contributed by atoms with Crippen LogP contribution in [0.3, 0.4) is 0 Å². The Labute approximate surface area is 171 Å². The molecule has 2 aromatic rings. The number of benzene rings is 2. The van der Waals surface area contributed by atoms with E-state index >= 15 is 0 Å². The van der Waals surface area contributed by atoms with Crippen molar-refractivity contribution in [1.82, 2.24) is 4.31 Å². The molecule has 0 spiro atoms. The normalized spacial score (nSPS) is 14.2. The van der Waals surface area contributed by atoms with Gasteiger partial charge in [0.15, 0.2) is 0 Å². The van der Waals surface area contributed by atoms with Crippen LogP contribution in [0.1, 0.15) is 18.1 Å². The number of fused-ring (bicyclic) bond motifs is 1. The van der Waals surface area contributed by atoms with Crippen molar-refractivity contribution >= 4 is 37.3 Å². The monoisotopic (exact) mass is 437 g/mol. The van der Waals surface area contributed by atoms with E-state index in [1.54, 1.807) is 30.0 Å². The SMILES string of the molecule is CC(=O)N1CCc2cc(S(=O)(=O)Nc3ccc(C)c(S(=O)(=O)N(C)C)c3)ccc21. The predicted octanol–water partition coefficient (Wildman–Crippen LogP) is 1.96. The van der Waals surface area contributed by atoms with Gasteiger partial charge in [-0.15, -0.1) is 0 Å². The van der Waals surface area contributed by atoms with Crippen molar-refractivity contribution in [2.24, 2.45) is 0 Å². The average Bonchev–Trinajstić information content (AvgIpc) is 3.06. The van der Waals surface area contributed by atoms with Crippen LogP contribution in [0.2, 0.25) is 0 Å². The second-order valence-corrected chi connectivity index (χ2v) is 10.9. The fourth-order valence-corrected chi connectivity index (χ4v) is 5.47. The van der Waals surface area contributed by atoms with Gasteiger partial charge in [0, 0.05) is 33.3 Å². The summed E-state index contributed by atoms with van der Waals surface area (Å²) in [6.45, 7) is 3.64. The van der Waals surface area contributed by atoms with Crippen LogP contribution < -0.4 is 9.62 Å². The Bertz CT molecular complexity index is 1190. The fourth-order valence-electron chi connectivity index (χ4n) is 3.22. The third kappa shape index (κ3) is 4.00. The average molecular weight is 438 g/mol. The minimum atomic E-state index is -3.93. The first-order valence-corrected chi connectivity index (χ1v) is 11.8. The number of anilines is 2. The van der Waals surface area contributed by atoms with Gasteiger partial charge in [-0.3, -0.25) is 9.52 Å². The molecule has 0 unspecified atom stereocenters. The number of rotatable bonds is 5. The van der Waals surface area contributed by atoms with Crippen molar-refractivity contribution in [3.05, 3.63) is 47.5 Å². The van der Waals surface area contributed by atoms with Crippen molar-refractivity contribution in [1.29, 1.82) is 0 Å². The zero-order valence-corrected chi connectivity index (χ0v) is 18.3. The highest BCUT2D eigenvalue weighted by Gasteiger charge is 2.26. The molecule has 0 saturated heterocycles. The fraction of sp³-hybridized carbons (Fsp3) is 0.316. The van der Waals surface area contributed by atoms with E-state index in [1.165, 1.54) is 39.2 Å².